The van der Waals surface area contributed by atoms with Gasteiger partial charge in [-0.1, -0.05) is 0 Å². The van der Waals surface area contributed by atoms with Gasteiger partial charge in [-0.25, -0.2) is 0 Å². The summed E-state index contributed by atoms with van der Waals surface area (Å²) in [6, 6.07) is 3.60. The Balaban J connectivity index is 2.93. The van der Waals surface area contributed by atoms with Crippen molar-refractivity contribution in [1.82, 2.24) is 0 Å². The van der Waals surface area contributed by atoms with Crippen LogP contribution in [0.15, 0.2) is 12.1 Å². The number of rotatable bonds is 5. The van der Waals surface area contributed by atoms with Crippen molar-refractivity contribution in [2.45, 2.75) is 20.3 Å². The molecule has 118 valence electrons. The average molecular weight is 304 g/mol. The number of ether oxygens (including phenoxy) is 3. The van der Waals surface area contributed by atoms with Crippen molar-refractivity contribution in [3.8, 4) is 23.0 Å². The number of methoxy groups -OCH3 is 3. The van der Waals surface area contributed by atoms with E-state index >= 15 is 0 Å². The Morgan fingerprint density at radius 3 is 2.23 bits per heavy atom. The highest BCUT2D eigenvalue weighted by Crippen LogP contribution is 2.47. The van der Waals surface area contributed by atoms with Gasteiger partial charge in [-0.05, 0) is 25.5 Å². The molecule has 1 N–H and O–H groups in total. The lowest BCUT2D eigenvalue weighted by Gasteiger charge is -2.18. The first kappa shape index (κ1) is 15.9. The van der Waals surface area contributed by atoms with Crippen LogP contribution in [0.3, 0.4) is 0 Å². The van der Waals surface area contributed by atoms with Crippen molar-refractivity contribution < 1.29 is 24.1 Å². The number of carbonyl (C=O) groups is 1. The fraction of sp³-hybridized carbons (Fsp3) is 0.353. The monoisotopic (exact) mass is 304 g/mol. The maximum atomic E-state index is 11.5. The van der Waals surface area contributed by atoms with E-state index in [1.807, 2.05) is 13.0 Å². The van der Waals surface area contributed by atoms with Gasteiger partial charge in [-0.2, -0.15) is 0 Å². The van der Waals surface area contributed by atoms with E-state index in [1.165, 1.54) is 21.1 Å². The Morgan fingerprint density at radius 2 is 1.73 bits per heavy atom. The van der Waals surface area contributed by atoms with Gasteiger partial charge in [-0.15, -0.1) is 0 Å². The largest absolute Gasteiger partial charge is 0.507 e. The minimum absolute atomic E-state index is 0.0217. The van der Waals surface area contributed by atoms with E-state index in [9.17, 15) is 9.90 Å². The SMILES string of the molecule is COc1cc(OC)c2cc(C)c(CC(C)=O)c(O)c2c1OC. The Labute approximate surface area is 129 Å². The Kier molecular flexibility index (Phi) is 4.45. The van der Waals surface area contributed by atoms with Crippen LogP contribution in [-0.4, -0.2) is 32.2 Å². The van der Waals surface area contributed by atoms with Crippen LogP contribution in [0.5, 0.6) is 23.0 Å². The van der Waals surface area contributed by atoms with Crippen molar-refractivity contribution in [2.24, 2.45) is 0 Å². The van der Waals surface area contributed by atoms with Crippen LogP contribution in [0.25, 0.3) is 10.8 Å². The van der Waals surface area contributed by atoms with E-state index in [0.29, 0.717) is 33.6 Å². The topological polar surface area (TPSA) is 65.0 Å². The molecular formula is C17H20O5. The van der Waals surface area contributed by atoms with Crippen molar-refractivity contribution in [3.63, 3.8) is 0 Å². The molecule has 0 aliphatic heterocycles. The number of fused-ring (bicyclic) bond motifs is 1. The second-order valence-corrected chi connectivity index (χ2v) is 5.14. The Morgan fingerprint density at radius 1 is 1.09 bits per heavy atom. The number of hydrogen-bond donors (Lipinski definition) is 1. The first-order valence-corrected chi connectivity index (χ1v) is 6.88. The van der Waals surface area contributed by atoms with Gasteiger partial charge in [0.05, 0.1) is 26.7 Å². The highest BCUT2D eigenvalue weighted by atomic mass is 16.5. The van der Waals surface area contributed by atoms with E-state index in [-0.39, 0.29) is 18.0 Å². The predicted octanol–water partition coefficient (Wildman–Crippen LogP) is 3.01. The Hall–Kier alpha value is -2.43. The van der Waals surface area contributed by atoms with Crippen molar-refractivity contribution in [3.05, 3.63) is 23.3 Å². The van der Waals surface area contributed by atoms with Gasteiger partial charge in [0.2, 0.25) is 0 Å². The zero-order chi connectivity index (χ0) is 16.4. The molecule has 0 fully saturated rings. The van der Waals surface area contributed by atoms with Crippen LogP contribution in [0.2, 0.25) is 0 Å². The maximum Gasteiger partial charge on any atom is 0.172 e. The molecule has 0 aromatic heterocycles. The number of hydrogen-bond acceptors (Lipinski definition) is 5. The van der Waals surface area contributed by atoms with Crippen LogP contribution in [-0.2, 0) is 11.2 Å². The Bertz CT molecular complexity index is 734. The third kappa shape index (κ3) is 2.54. The molecule has 0 saturated carbocycles. The van der Waals surface area contributed by atoms with Gasteiger partial charge in [0.1, 0.15) is 17.3 Å². The summed E-state index contributed by atoms with van der Waals surface area (Å²) in [6.07, 6.45) is 0.163. The average Bonchev–Trinajstić information content (AvgIpc) is 2.49. The first-order chi connectivity index (χ1) is 10.4. The van der Waals surface area contributed by atoms with Gasteiger partial charge in [0.15, 0.2) is 11.5 Å². The number of aryl methyl sites for hydroxylation is 1. The summed E-state index contributed by atoms with van der Waals surface area (Å²) < 4.78 is 16.1. The summed E-state index contributed by atoms with van der Waals surface area (Å²) in [4.78, 5) is 11.5. The number of phenolic OH excluding ortho intramolecular Hbond substituents is 1. The quantitative estimate of drug-likeness (QED) is 0.920. The molecule has 0 aliphatic rings. The molecule has 0 atom stereocenters. The first-order valence-electron chi connectivity index (χ1n) is 6.88. The van der Waals surface area contributed by atoms with E-state index in [4.69, 9.17) is 14.2 Å². The van der Waals surface area contributed by atoms with E-state index in [2.05, 4.69) is 0 Å². The molecule has 0 aliphatic carbocycles. The highest BCUT2D eigenvalue weighted by molar-refractivity contribution is 6.02. The molecule has 0 spiro atoms. The third-order valence-corrected chi connectivity index (χ3v) is 3.68. The highest BCUT2D eigenvalue weighted by Gasteiger charge is 2.21. The summed E-state index contributed by atoms with van der Waals surface area (Å²) in [5, 5.41) is 11.9. The van der Waals surface area contributed by atoms with Crippen LogP contribution >= 0.6 is 0 Å². The fourth-order valence-corrected chi connectivity index (χ4v) is 2.65. The molecule has 2 aromatic carbocycles. The number of phenols is 1. The van der Waals surface area contributed by atoms with Crippen molar-refractivity contribution >= 4 is 16.6 Å². The summed E-state index contributed by atoms with van der Waals surface area (Å²) >= 11 is 0. The molecule has 0 amide bonds. The molecule has 5 heteroatoms. The molecule has 2 aromatic rings. The second-order valence-electron chi connectivity index (χ2n) is 5.14. The molecule has 0 radical (unpaired) electrons. The van der Waals surface area contributed by atoms with Crippen molar-refractivity contribution in [2.75, 3.05) is 21.3 Å². The second kappa shape index (κ2) is 6.13. The zero-order valence-corrected chi connectivity index (χ0v) is 13.4. The van der Waals surface area contributed by atoms with Gasteiger partial charge >= 0.3 is 0 Å². The predicted molar refractivity (Wildman–Crippen MR) is 84.4 cm³/mol. The molecule has 5 nitrogen and oxygen atoms in total. The number of Topliss-reactive ketones (excluding diaryl/α,β-unsaturated/α-hetero) is 1. The number of carbonyl (C=O) groups excluding carboxylic acids is 1. The summed E-state index contributed by atoms with van der Waals surface area (Å²) in [6.45, 7) is 3.35. The van der Waals surface area contributed by atoms with Crippen LogP contribution in [0.1, 0.15) is 18.1 Å². The summed E-state index contributed by atoms with van der Waals surface area (Å²) in [5.74, 6) is 1.45. The molecule has 2 rings (SSSR count). The van der Waals surface area contributed by atoms with Crippen LogP contribution in [0, 0.1) is 6.92 Å². The van der Waals surface area contributed by atoms with E-state index < -0.39 is 0 Å². The molecular weight excluding hydrogens is 284 g/mol. The standard InChI is InChI=1S/C17H20O5/c1-9-6-12-13(20-3)8-14(21-4)17(22-5)15(12)16(19)11(9)7-10(2)18/h6,8,19H,7H2,1-5H3. The lowest BCUT2D eigenvalue weighted by Crippen LogP contribution is -2.02. The van der Waals surface area contributed by atoms with Gasteiger partial charge in [0, 0.05) is 23.4 Å². The van der Waals surface area contributed by atoms with Gasteiger partial charge in [-0.3, -0.25) is 4.79 Å². The number of ketones is 1. The van der Waals surface area contributed by atoms with E-state index in [1.54, 1.807) is 13.2 Å². The summed E-state index contributed by atoms with van der Waals surface area (Å²) in [5.41, 5.74) is 1.42. The lowest BCUT2D eigenvalue weighted by atomic mass is 9.95. The van der Waals surface area contributed by atoms with Crippen molar-refractivity contribution in [1.29, 1.82) is 0 Å². The van der Waals surface area contributed by atoms with E-state index in [0.717, 1.165) is 5.56 Å². The minimum Gasteiger partial charge on any atom is -0.507 e. The molecule has 0 bridgehead atoms. The summed E-state index contributed by atoms with van der Waals surface area (Å²) in [7, 11) is 4.58. The lowest BCUT2D eigenvalue weighted by molar-refractivity contribution is -0.116. The normalized spacial score (nSPS) is 10.6. The fourth-order valence-electron chi connectivity index (χ4n) is 2.65. The molecule has 22 heavy (non-hydrogen) atoms. The zero-order valence-electron chi connectivity index (χ0n) is 13.4. The smallest absolute Gasteiger partial charge is 0.172 e. The molecule has 0 saturated heterocycles. The van der Waals surface area contributed by atoms with Gasteiger partial charge in [0.25, 0.3) is 0 Å². The maximum absolute atomic E-state index is 11.5. The third-order valence-electron chi connectivity index (χ3n) is 3.68. The molecule has 0 unspecified atom stereocenters. The minimum atomic E-state index is -0.0217. The van der Waals surface area contributed by atoms with Crippen LogP contribution < -0.4 is 14.2 Å². The van der Waals surface area contributed by atoms with Gasteiger partial charge < -0.3 is 19.3 Å². The number of aromatic hydroxyl groups is 1. The number of benzene rings is 2. The molecule has 0 heterocycles. The van der Waals surface area contributed by atoms with Crippen LogP contribution in [0.4, 0.5) is 0 Å².